The molecule has 1 aromatic heterocycles. The van der Waals surface area contributed by atoms with Gasteiger partial charge in [-0.15, -0.1) is 0 Å². The lowest BCUT2D eigenvalue weighted by atomic mass is 9.80. The average Bonchev–Trinajstić information content (AvgIpc) is 2.69. The molecule has 0 spiro atoms. The molecule has 4 nitrogen and oxygen atoms in total. The fourth-order valence-corrected chi connectivity index (χ4v) is 2.90. The predicted octanol–water partition coefficient (Wildman–Crippen LogP) is 1.85. The maximum Gasteiger partial charge on any atom is 0.0727 e. The molecule has 0 amide bonds. The van der Waals surface area contributed by atoms with Crippen LogP contribution in [0.5, 0.6) is 0 Å². The minimum atomic E-state index is -0.627. The van der Waals surface area contributed by atoms with Crippen LogP contribution in [0.15, 0.2) is 6.07 Å². The van der Waals surface area contributed by atoms with E-state index in [-0.39, 0.29) is 6.10 Å². The summed E-state index contributed by atoms with van der Waals surface area (Å²) in [6, 6.07) is 2.11. The van der Waals surface area contributed by atoms with Crippen LogP contribution in [0.25, 0.3) is 0 Å². The second-order valence-corrected chi connectivity index (χ2v) is 5.46. The number of aliphatic hydroxyl groups is 1. The molecule has 1 aliphatic rings. The third-order valence-electron chi connectivity index (χ3n) is 4.01. The molecule has 102 valence electrons. The normalized spacial score (nSPS) is 28.6. The number of hydrogen-bond acceptors (Lipinski definition) is 3. The van der Waals surface area contributed by atoms with Crippen molar-refractivity contribution < 1.29 is 9.84 Å². The third-order valence-corrected chi connectivity index (χ3v) is 4.01. The monoisotopic (exact) mass is 252 g/mol. The Hall–Kier alpha value is -0.870. The van der Waals surface area contributed by atoms with Crippen molar-refractivity contribution in [1.82, 2.24) is 9.78 Å². The van der Waals surface area contributed by atoms with Crippen LogP contribution in [0.4, 0.5) is 0 Å². The summed E-state index contributed by atoms with van der Waals surface area (Å²) in [5.41, 5.74) is 1.58. The van der Waals surface area contributed by atoms with Crippen molar-refractivity contribution >= 4 is 0 Å². The fraction of sp³-hybridized carbons (Fsp3) is 0.786. The van der Waals surface area contributed by atoms with Gasteiger partial charge in [0, 0.05) is 32.7 Å². The summed E-state index contributed by atoms with van der Waals surface area (Å²) in [4.78, 5) is 0. The van der Waals surface area contributed by atoms with Gasteiger partial charge in [-0.1, -0.05) is 6.92 Å². The van der Waals surface area contributed by atoms with Crippen molar-refractivity contribution in [2.24, 2.45) is 7.05 Å². The highest BCUT2D eigenvalue weighted by Gasteiger charge is 2.35. The number of nitrogens with zero attached hydrogens (tertiary/aromatic N) is 2. The molecule has 2 unspecified atom stereocenters. The second kappa shape index (κ2) is 5.41. The van der Waals surface area contributed by atoms with Gasteiger partial charge in [-0.25, -0.2) is 0 Å². The summed E-state index contributed by atoms with van der Waals surface area (Å²) in [6.07, 6.45) is 5.50. The Morgan fingerprint density at radius 1 is 1.61 bits per heavy atom. The fourth-order valence-electron chi connectivity index (χ4n) is 2.90. The van der Waals surface area contributed by atoms with Gasteiger partial charge in [0.25, 0.3) is 0 Å². The third kappa shape index (κ3) is 2.93. The maximum absolute atomic E-state index is 10.7. The molecular weight excluding hydrogens is 228 g/mol. The Bertz CT molecular complexity index is 402. The van der Waals surface area contributed by atoms with E-state index in [1.165, 1.54) is 0 Å². The molecule has 2 atom stereocenters. The summed E-state index contributed by atoms with van der Waals surface area (Å²) < 4.78 is 7.29. The average molecular weight is 252 g/mol. The SMILES string of the molecule is CCc1cc(CC2(O)CCCC(OC)C2)n(C)n1. The summed E-state index contributed by atoms with van der Waals surface area (Å²) in [5, 5.41) is 15.2. The van der Waals surface area contributed by atoms with Gasteiger partial charge in [0.05, 0.1) is 17.4 Å². The van der Waals surface area contributed by atoms with Crippen LogP contribution in [0.1, 0.15) is 44.0 Å². The van der Waals surface area contributed by atoms with Gasteiger partial charge in [-0.3, -0.25) is 4.68 Å². The van der Waals surface area contributed by atoms with Crippen LogP contribution in [-0.2, 0) is 24.6 Å². The first-order chi connectivity index (χ1) is 8.56. The molecule has 1 N–H and O–H groups in total. The van der Waals surface area contributed by atoms with Crippen LogP contribution in [0.2, 0.25) is 0 Å². The van der Waals surface area contributed by atoms with Crippen molar-refractivity contribution in [3.05, 3.63) is 17.5 Å². The summed E-state index contributed by atoms with van der Waals surface area (Å²) >= 11 is 0. The van der Waals surface area contributed by atoms with Crippen LogP contribution in [-0.4, -0.2) is 33.7 Å². The van der Waals surface area contributed by atoms with Crippen LogP contribution >= 0.6 is 0 Å². The van der Waals surface area contributed by atoms with E-state index in [0.29, 0.717) is 6.42 Å². The van der Waals surface area contributed by atoms with Gasteiger partial charge in [0.2, 0.25) is 0 Å². The van der Waals surface area contributed by atoms with Gasteiger partial charge >= 0.3 is 0 Å². The van der Waals surface area contributed by atoms with E-state index in [1.54, 1.807) is 7.11 Å². The first-order valence-corrected chi connectivity index (χ1v) is 6.83. The van der Waals surface area contributed by atoms with E-state index in [9.17, 15) is 5.11 Å². The van der Waals surface area contributed by atoms with Gasteiger partial charge in [0.15, 0.2) is 0 Å². The Morgan fingerprint density at radius 3 is 3.00 bits per heavy atom. The number of ether oxygens (including phenoxy) is 1. The Labute approximate surface area is 109 Å². The minimum absolute atomic E-state index is 0.197. The van der Waals surface area contributed by atoms with E-state index >= 15 is 0 Å². The highest BCUT2D eigenvalue weighted by Crippen LogP contribution is 2.32. The Morgan fingerprint density at radius 2 is 2.39 bits per heavy atom. The smallest absolute Gasteiger partial charge is 0.0727 e. The highest BCUT2D eigenvalue weighted by molar-refractivity contribution is 5.13. The first kappa shape index (κ1) is 13.6. The molecule has 1 saturated carbocycles. The molecule has 1 aromatic rings. The van der Waals surface area contributed by atoms with E-state index in [0.717, 1.165) is 43.5 Å². The largest absolute Gasteiger partial charge is 0.389 e. The molecule has 0 bridgehead atoms. The van der Waals surface area contributed by atoms with E-state index in [2.05, 4.69) is 18.1 Å². The van der Waals surface area contributed by atoms with E-state index in [4.69, 9.17) is 4.74 Å². The van der Waals surface area contributed by atoms with Crippen molar-refractivity contribution in [3.63, 3.8) is 0 Å². The molecule has 4 heteroatoms. The molecule has 1 heterocycles. The summed E-state index contributed by atoms with van der Waals surface area (Å²) in [6.45, 7) is 2.10. The molecule has 0 radical (unpaired) electrons. The van der Waals surface area contributed by atoms with Crippen molar-refractivity contribution in [2.45, 2.75) is 57.2 Å². The molecule has 1 fully saturated rings. The number of hydrogen-bond donors (Lipinski definition) is 1. The topological polar surface area (TPSA) is 47.3 Å². The number of rotatable bonds is 4. The quantitative estimate of drug-likeness (QED) is 0.889. The first-order valence-electron chi connectivity index (χ1n) is 6.83. The minimum Gasteiger partial charge on any atom is -0.389 e. The van der Waals surface area contributed by atoms with Crippen molar-refractivity contribution in [2.75, 3.05) is 7.11 Å². The zero-order valence-electron chi connectivity index (χ0n) is 11.6. The van der Waals surface area contributed by atoms with E-state index < -0.39 is 5.60 Å². The van der Waals surface area contributed by atoms with Crippen LogP contribution in [0, 0.1) is 0 Å². The van der Waals surface area contributed by atoms with Gasteiger partial charge in [0.1, 0.15) is 0 Å². The molecule has 0 aromatic carbocycles. The molecule has 18 heavy (non-hydrogen) atoms. The number of methoxy groups -OCH3 is 1. The maximum atomic E-state index is 10.7. The molecule has 0 aliphatic heterocycles. The number of aromatic nitrogens is 2. The second-order valence-electron chi connectivity index (χ2n) is 5.46. The van der Waals surface area contributed by atoms with Crippen molar-refractivity contribution in [3.8, 4) is 0 Å². The van der Waals surface area contributed by atoms with Crippen molar-refractivity contribution in [1.29, 1.82) is 0 Å². The van der Waals surface area contributed by atoms with Crippen LogP contribution in [0.3, 0.4) is 0 Å². The Kier molecular flexibility index (Phi) is 4.07. The lowest BCUT2D eigenvalue weighted by Gasteiger charge is -2.36. The lowest BCUT2D eigenvalue weighted by molar-refractivity contribution is -0.0590. The molecule has 2 rings (SSSR count). The summed E-state index contributed by atoms with van der Waals surface area (Å²) in [5.74, 6) is 0. The van der Waals surface area contributed by atoms with E-state index in [1.807, 2.05) is 11.7 Å². The van der Waals surface area contributed by atoms with Gasteiger partial charge < -0.3 is 9.84 Å². The zero-order valence-corrected chi connectivity index (χ0v) is 11.6. The Balaban J connectivity index is 2.08. The predicted molar refractivity (Wildman–Crippen MR) is 70.5 cm³/mol. The van der Waals surface area contributed by atoms with Gasteiger partial charge in [-0.2, -0.15) is 5.10 Å². The lowest BCUT2D eigenvalue weighted by Crippen LogP contribution is -2.40. The molecular formula is C14H24N2O2. The standard InChI is InChI=1S/C14H24N2O2/c1-4-11-8-12(16(2)15-11)9-14(17)7-5-6-13(10-14)18-3/h8,13,17H,4-7,9-10H2,1-3H3. The summed E-state index contributed by atoms with van der Waals surface area (Å²) in [7, 11) is 3.68. The number of aryl methyl sites for hydroxylation is 2. The molecule has 1 aliphatic carbocycles. The zero-order chi connectivity index (χ0) is 13.2. The van der Waals surface area contributed by atoms with Crippen LogP contribution < -0.4 is 0 Å². The highest BCUT2D eigenvalue weighted by atomic mass is 16.5. The van der Waals surface area contributed by atoms with Gasteiger partial charge in [-0.05, 0) is 31.7 Å². The molecule has 0 saturated heterocycles.